The van der Waals surface area contributed by atoms with Crippen LogP contribution in [0.3, 0.4) is 0 Å². The van der Waals surface area contributed by atoms with Gasteiger partial charge < -0.3 is 9.88 Å². The third-order valence-corrected chi connectivity index (χ3v) is 5.92. The zero-order valence-electron chi connectivity index (χ0n) is 17.3. The number of carbonyl (C=O) groups is 1. The molecule has 5 aromatic rings. The first-order valence-corrected chi connectivity index (χ1v) is 11.0. The van der Waals surface area contributed by atoms with Crippen molar-refractivity contribution in [3.8, 4) is 0 Å². The third-order valence-electron chi connectivity index (χ3n) is 5.43. The molecular formula is C25H20BrN5O. The Hall–Kier alpha value is -3.71. The van der Waals surface area contributed by atoms with Gasteiger partial charge in [0.15, 0.2) is 5.65 Å². The summed E-state index contributed by atoms with van der Waals surface area (Å²) in [5.41, 5.74) is 4.82. The highest BCUT2D eigenvalue weighted by atomic mass is 79.9. The van der Waals surface area contributed by atoms with Gasteiger partial charge in [-0.1, -0.05) is 46.3 Å². The van der Waals surface area contributed by atoms with E-state index >= 15 is 0 Å². The lowest BCUT2D eigenvalue weighted by Gasteiger charge is -2.09. The molecule has 0 aliphatic rings. The maximum atomic E-state index is 13.5. The maximum Gasteiger partial charge on any atom is 0.252 e. The van der Waals surface area contributed by atoms with Crippen LogP contribution < -0.4 is 5.32 Å². The quantitative estimate of drug-likeness (QED) is 0.341. The molecule has 0 aliphatic carbocycles. The van der Waals surface area contributed by atoms with E-state index in [9.17, 15) is 4.79 Å². The molecule has 32 heavy (non-hydrogen) atoms. The van der Waals surface area contributed by atoms with Gasteiger partial charge in [-0.05, 0) is 42.0 Å². The lowest BCUT2D eigenvalue weighted by atomic mass is 10.0. The number of rotatable bonds is 5. The average Bonchev–Trinajstić information content (AvgIpc) is 3.37. The fraction of sp³-hybridized carbons (Fsp3) is 0.0800. The van der Waals surface area contributed by atoms with Gasteiger partial charge in [0.05, 0.1) is 11.3 Å². The second-order valence-electron chi connectivity index (χ2n) is 7.55. The van der Waals surface area contributed by atoms with E-state index < -0.39 is 0 Å². The summed E-state index contributed by atoms with van der Waals surface area (Å²) < 4.78 is 2.98. The van der Waals surface area contributed by atoms with Crippen molar-refractivity contribution in [2.24, 2.45) is 7.05 Å². The number of benzene rings is 2. The number of amides is 1. The molecule has 0 fully saturated rings. The van der Waals surface area contributed by atoms with E-state index in [1.54, 1.807) is 6.20 Å². The van der Waals surface area contributed by atoms with Crippen LogP contribution in [0.1, 0.15) is 16.8 Å². The lowest BCUT2D eigenvalue weighted by molar-refractivity contribution is -0.115. The molecule has 0 saturated carbocycles. The number of carbonyl (C=O) groups excluding carboxylic acids is 1. The van der Waals surface area contributed by atoms with Crippen molar-refractivity contribution in [2.45, 2.75) is 6.54 Å². The number of aromatic amines is 1. The smallest absolute Gasteiger partial charge is 0.252 e. The molecule has 2 aromatic carbocycles. The van der Waals surface area contributed by atoms with Gasteiger partial charge in [-0.3, -0.25) is 9.89 Å². The Morgan fingerprint density at radius 2 is 1.97 bits per heavy atom. The number of H-pyrrole nitrogens is 1. The van der Waals surface area contributed by atoms with E-state index in [-0.39, 0.29) is 5.91 Å². The van der Waals surface area contributed by atoms with E-state index in [1.165, 1.54) is 0 Å². The van der Waals surface area contributed by atoms with E-state index in [0.717, 1.165) is 31.9 Å². The Morgan fingerprint density at radius 1 is 1.12 bits per heavy atom. The van der Waals surface area contributed by atoms with Crippen LogP contribution in [-0.2, 0) is 18.4 Å². The highest BCUT2D eigenvalue weighted by Crippen LogP contribution is 2.31. The van der Waals surface area contributed by atoms with Gasteiger partial charge in [0.2, 0.25) is 0 Å². The Kier molecular flexibility index (Phi) is 5.33. The molecule has 3 aromatic heterocycles. The zero-order valence-corrected chi connectivity index (χ0v) is 18.9. The SMILES string of the molecule is Cn1cc(C(=Cc2n[nH]c3ncccc23)C(=O)NCc2ccccc2)c2cc(Br)ccc21. The molecule has 0 bridgehead atoms. The molecule has 1 amide bonds. The maximum absolute atomic E-state index is 13.5. The molecule has 0 aliphatic heterocycles. The van der Waals surface area contributed by atoms with Crippen molar-refractivity contribution < 1.29 is 4.79 Å². The second kappa shape index (κ2) is 8.43. The van der Waals surface area contributed by atoms with E-state index in [0.29, 0.717) is 23.5 Å². The summed E-state index contributed by atoms with van der Waals surface area (Å²) in [5, 5.41) is 12.3. The number of hydrogen-bond donors (Lipinski definition) is 2. The normalized spacial score (nSPS) is 11.9. The fourth-order valence-corrected chi connectivity index (χ4v) is 4.20. The van der Waals surface area contributed by atoms with Crippen LogP contribution in [0.5, 0.6) is 0 Å². The molecule has 158 valence electrons. The van der Waals surface area contributed by atoms with Gasteiger partial charge in [0.25, 0.3) is 5.91 Å². The van der Waals surface area contributed by atoms with Crippen molar-refractivity contribution in [1.29, 1.82) is 0 Å². The van der Waals surface area contributed by atoms with Crippen LogP contribution in [-0.4, -0.2) is 25.7 Å². The summed E-state index contributed by atoms with van der Waals surface area (Å²) in [5.74, 6) is -0.165. The van der Waals surface area contributed by atoms with E-state index in [4.69, 9.17) is 0 Å². The average molecular weight is 486 g/mol. The number of halogens is 1. The molecule has 7 heteroatoms. The number of nitrogens with zero attached hydrogens (tertiary/aromatic N) is 3. The molecule has 6 nitrogen and oxygen atoms in total. The fourth-order valence-electron chi connectivity index (χ4n) is 3.84. The monoisotopic (exact) mass is 485 g/mol. The largest absolute Gasteiger partial charge is 0.350 e. The molecule has 0 unspecified atom stereocenters. The Bertz CT molecular complexity index is 1470. The number of hydrogen-bond acceptors (Lipinski definition) is 3. The summed E-state index contributed by atoms with van der Waals surface area (Å²) in [4.78, 5) is 17.8. The number of aryl methyl sites for hydroxylation is 1. The van der Waals surface area contributed by atoms with Crippen molar-refractivity contribution in [3.63, 3.8) is 0 Å². The molecule has 0 spiro atoms. The molecule has 2 N–H and O–H groups in total. The predicted molar refractivity (Wildman–Crippen MR) is 131 cm³/mol. The van der Waals surface area contributed by atoms with Gasteiger partial charge in [-0.25, -0.2) is 4.98 Å². The van der Waals surface area contributed by atoms with Crippen LogP contribution in [0.4, 0.5) is 0 Å². The highest BCUT2D eigenvalue weighted by molar-refractivity contribution is 9.10. The number of pyridine rings is 1. The molecular weight excluding hydrogens is 466 g/mol. The van der Waals surface area contributed by atoms with Crippen LogP contribution in [0.2, 0.25) is 0 Å². The summed E-state index contributed by atoms with van der Waals surface area (Å²) in [6.45, 7) is 0.439. The van der Waals surface area contributed by atoms with E-state index in [1.807, 2.05) is 84.6 Å². The van der Waals surface area contributed by atoms with Gasteiger partial charge in [0.1, 0.15) is 0 Å². The van der Waals surface area contributed by atoms with Crippen molar-refractivity contribution in [3.05, 3.63) is 94.4 Å². The zero-order chi connectivity index (χ0) is 22.1. The van der Waals surface area contributed by atoms with Gasteiger partial charge in [-0.2, -0.15) is 5.10 Å². The van der Waals surface area contributed by atoms with Crippen molar-refractivity contribution >= 4 is 55.4 Å². The van der Waals surface area contributed by atoms with Crippen molar-refractivity contribution in [1.82, 2.24) is 25.1 Å². The third kappa shape index (κ3) is 3.83. The van der Waals surface area contributed by atoms with Crippen LogP contribution in [0.15, 0.2) is 77.5 Å². The molecule has 0 radical (unpaired) electrons. The molecule has 3 heterocycles. The predicted octanol–water partition coefficient (Wildman–Crippen LogP) is 5.07. The summed E-state index contributed by atoms with van der Waals surface area (Å²) in [7, 11) is 1.98. The minimum atomic E-state index is -0.165. The summed E-state index contributed by atoms with van der Waals surface area (Å²) in [6.07, 6.45) is 5.53. The standard InChI is InChI=1S/C25H20BrN5O/c1-31-15-21(19-12-17(26)9-10-23(19)31)20(25(32)28-14-16-6-3-2-4-7-16)13-22-18-8-5-11-27-24(18)30-29-22/h2-13,15H,14H2,1H3,(H,28,32)(H,27,29,30). The van der Waals surface area contributed by atoms with Gasteiger partial charge in [-0.15, -0.1) is 0 Å². The van der Waals surface area contributed by atoms with Crippen LogP contribution in [0.25, 0.3) is 33.6 Å². The second-order valence-corrected chi connectivity index (χ2v) is 8.47. The Labute approximate surface area is 193 Å². The first-order chi connectivity index (χ1) is 15.6. The first kappa shape index (κ1) is 20.2. The number of fused-ring (bicyclic) bond motifs is 2. The Balaban J connectivity index is 1.62. The lowest BCUT2D eigenvalue weighted by Crippen LogP contribution is -2.23. The van der Waals surface area contributed by atoms with E-state index in [2.05, 4.69) is 36.4 Å². The molecule has 0 atom stereocenters. The van der Waals surface area contributed by atoms with Crippen molar-refractivity contribution in [2.75, 3.05) is 0 Å². The highest BCUT2D eigenvalue weighted by Gasteiger charge is 2.19. The topological polar surface area (TPSA) is 75.6 Å². The first-order valence-electron chi connectivity index (χ1n) is 10.2. The Morgan fingerprint density at radius 3 is 2.81 bits per heavy atom. The summed E-state index contributed by atoms with van der Waals surface area (Å²) in [6, 6.07) is 19.7. The van der Waals surface area contributed by atoms with Crippen LogP contribution >= 0.6 is 15.9 Å². The summed E-state index contributed by atoms with van der Waals surface area (Å²) >= 11 is 3.56. The minimum Gasteiger partial charge on any atom is -0.350 e. The number of nitrogens with one attached hydrogen (secondary N) is 2. The van der Waals surface area contributed by atoms with Crippen LogP contribution in [0, 0.1) is 0 Å². The molecule has 0 saturated heterocycles. The van der Waals surface area contributed by atoms with Gasteiger partial charge in [0, 0.05) is 52.3 Å². The number of aromatic nitrogens is 4. The molecule has 5 rings (SSSR count). The minimum absolute atomic E-state index is 0.165. The van der Waals surface area contributed by atoms with Gasteiger partial charge >= 0.3 is 0 Å².